The Morgan fingerprint density at radius 2 is 1.90 bits per heavy atom. The van der Waals surface area contributed by atoms with Gasteiger partial charge in [-0.25, -0.2) is 4.79 Å². The topological polar surface area (TPSA) is 66.4 Å². The molecule has 1 amide bonds. The van der Waals surface area contributed by atoms with Crippen molar-refractivity contribution in [2.75, 3.05) is 5.32 Å². The highest BCUT2D eigenvalue weighted by Crippen LogP contribution is 2.32. The molecule has 0 unspecified atom stereocenters. The molecule has 1 aromatic heterocycles. The van der Waals surface area contributed by atoms with Crippen LogP contribution in [-0.4, -0.2) is 17.0 Å². The number of amides is 1. The number of carboxylic acid groups (broad SMARTS) is 1. The van der Waals surface area contributed by atoms with Crippen molar-refractivity contribution in [2.45, 2.75) is 0 Å². The Hall–Kier alpha value is -1.08. The number of carbonyl (C=O) groups is 2. The van der Waals surface area contributed by atoms with Crippen LogP contribution in [0, 0.1) is 0 Å². The van der Waals surface area contributed by atoms with Gasteiger partial charge >= 0.3 is 5.97 Å². The highest BCUT2D eigenvalue weighted by Gasteiger charge is 2.17. The van der Waals surface area contributed by atoms with Crippen LogP contribution < -0.4 is 5.32 Å². The zero-order valence-corrected chi connectivity index (χ0v) is 13.5. The van der Waals surface area contributed by atoms with Crippen LogP contribution in [0.2, 0.25) is 8.67 Å². The highest BCUT2D eigenvalue weighted by molar-refractivity contribution is 9.10. The Kier molecular flexibility index (Phi) is 4.70. The number of thiophene rings is 1. The number of carbonyl (C=O) groups excluding carboxylic acids is 1. The Labute approximate surface area is 136 Å². The normalized spacial score (nSPS) is 10.3. The lowest BCUT2D eigenvalue weighted by atomic mass is 10.1. The van der Waals surface area contributed by atoms with Gasteiger partial charge in [-0.15, -0.1) is 11.3 Å². The van der Waals surface area contributed by atoms with Gasteiger partial charge in [-0.05, 0) is 24.3 Å². The Morgan fingerprint density at radius 1 is 1.20 bits per heavy atom. The van der Waals surface area contributed by atoms with Crippen LogP contribution in [-0.2, 0) is 0 Å². The van der Waals surface area contributed by atoms with Gasteiger partial charge in [-0.3, -0.25) is 4.79 Å². The number of halogens is 3. The molecule has 1 aromatic carbocycles. The molecule has 2 aromatic rings. The molecule has 0 saturated heterocycles. The molecule has 4 nitrogen and oxygen atoms in total. The van der Waals surface area contributed by atoms with Crippen molar-refractivity contribution >= 4 is 68.0 Å². The molecule has 0 atom stereocenters. The summed E-state index contributed by atoms with van der Waals surface area (Å²) < 4.78 is 1.24. The third-order valence-corrected chi connectivity index (χ3v) is 4.34. The molecule has 0 aliphatic rings. The molecule has 2 N–H and O–H groups in total. The first kappa shape index (κ1) is 15.3. The second kappa shape index (κ2) is 6.13. The third kappa shape index (κ3) is 3.32. The van der Waals surface area contributed by atoms with E-state index in [0.717, 1.165) is 11.3 Å². The summed E-state index contributed by atoms with van der Waals surface area (Å²) in [6, 6.07) is 5.96. The monoisotopic (exact) mass is 393 g/mol. The quantitative estimate of drug-likeness (QED) is 0.787. The molecule has 0 aliphatic carbocycles. The second-order valence-corrected chi connectivity index (χ2v) is 6.89. The number of aromatic carboxylic acids is 1. The van der Waals surface area contributed by atoms with E-state index in [4.69, 9.17) is 28.3 Å². The maximum atomic E-state index is 12.1. The van der Waals surface area contributed by atoms with Crippen LogP contribution in [0.5, 0.6) is 0 Å². The molecule has 1 heterocycles. The Morgan fingerprint density at radius 3 is 2.45 bits per heavy atom. The van der Waals surface area contributed by atoms with E-state index in [9.17, 15) is 9.59 Å². The van der Waals surface area contributed by atoms with E-state index in [1.165, 1.54) is 18.2 Å². The number of hydrogen-bond acceptors (Lipinski definition) is 3. The predicted molar refractivity (Wildman–Crippen MR) is 83.4 cm³/mol. The van der Waals surface area contributed by atoms with Gasteiger partial charge < -0.3 is 10.4 Å². The summed E-state index contributed by atoms with van der Waals surface area (Å²) in [7, 11) is 0. The Balaban J connectivity index is 2.33. The van der Waals surface area contributed by atoms with Gasteiger partial charge in [0, 0.05) is 4.47 Å². The molecular weight excluding hydrogens is 389 g/mol. The van der Waals surface area contributed by atoms with Crippen LogP contribution in [0.25, 0.3) is 0 Å². The molecular formula is C12H6BrCl2NO3S. The standard InChI is InChI=1S/C12H6BrCl2NO3S/c13-5-1-2-8(6(3-5)12(18)19)16-11(17)7-4-9(14)20-10(7)15/h1-4H,(H,16,17)(H,18,19). The zero-order valence-electron chi connectivity index (χ0n) is 9.62. The van der Waals surface area contributed by atoms with Crippen LogP contribution in [0.1, 0.15) is 20.7 Å². The van der Waals surface area contributed by atoms with E-state index in [2.05, 4.69) is 21.2 Å². The summed E-state index contributed by atoms with van der Waals surface area (Å²) in [5.41, 5.74) is 0.371. The van der Waals surface area contributed by atoms with Gasteiger partial charge in [-0.1, -0.05) is 39.1 Å². The molecule has 0 fully saturated rings. The van der Waals surface area contributed by atoms with E-state index in [1.807, 2.05) is 0 Å². The zero-order chi connectivity index (χ0) is 14.9. The van der Waals surface area contributed by atoms with Gasteiger partial charge in [0.1, 0.15) is 4.34 Å². The van der Waals surface area contributed by atoms with Gasteiger partial charge in [0.15, 0.2) is 0 Å². The first-order valence-corrected chi connectivity index (χ1v) is 7.54. The molecule has 0 saturated carbocycles. The lowest BCUT2D eigenvalue weighted by Gasteiger charge is -2.08. The van der Waals surface area contributed by atoms with Gasteiger partial charge in [-0.2, -0.15) is 0 Å². The van der Waals surface area contributed by atoms with Gasteiger partial charge in [0.2, 0.25) is 0 Å². The first-order valence-electron chi connectivity index (χ1n) is 5.17. The fourth-order valence-corrected chi connectivity index (χ4v) is 3.31. The van der Waals surface area contributed by atoms with E-state index < -0.39 is 11.9 Å². The van der Waals surface area contributed by atoms with Gasteiger partial charge in [0.25, 0.3) is 5.91 Å². The summed E-state index contributed by atoms with van der Waals surface area (Å²) in [5, 5.41) is 11.6. The maximum absolute atomic E-state index is 12.1. The molecule has 0 radical (unpaired) electrons. The fourth-order valence-electron chi connectivity index (χ4n) is 1.49. The number of hydrogen-bond donors (Lipinski definition) is 2. The van der Waals surface area contributed by atoms with E-state index >= 15 is 0 Å². The van der Waals surface area contributed by atoms with Crippen molar-refractivity contribution in [3.05, 3.63) is 48.5 Å². The number of rotatable bonds is 3. The van der Waals surface area contributed by atoms with Crippen molar-refractivity contribution in [1.82, 2.24) is 0 Å². The molecule has 0 bridgehead atoms. The predicted octanol–water partition coefficient (Wildman–Crippen LogP) is 4.77. The van der Waals surface area contributed by atoms with Gasteiger partial charge in [0.05, 0.1) is 21.2 Å². The first-order chi connectivity index (χ1) is 9.38. The summed E-state index contributed by atoms with van der Waals surface area (Å²) in [4.78, 5) is 23.2. The van der Waals surface area contributed by atoms with Crippen molar-refractivity contribution in [1.29, 1.82) is 0 Å². The van der Waals surface area contributed by atoms with Crippen molar-refractivity contribution in [3.8, 4) is 0 Å². The van der Waals surface area contributed by atoms with E-state index in [-0.39, 0.29) is 21.2 Å². The number of carboxylic acids is 1. The highest BCUT2D eigenvalue weighted by atomic mass is 79.9. The summed E-state index contributed by atoms with van der Waals surface area (Å²) in [6.07, 6.45) is 0. The fraction of sp³-hybridized carbons (Fsp3) is 0. The van der Waals surface area contributed by atoms with E-state index in [0.29, 0.717) is 8.81 Å². The maximum Gasteiger partial charge on any atom is 0.337 e. The molecule has 0 spiro atoms. The summed E-state index contributed by atoms with van der Waals surface area (Å²) in [6.45, 7) is 0. The minimum atomic E-state index is -1.14. The number of benzene rings is 1. The smallest absolute Gasteiger partial charge is 0.337 e. The average Bonchev–Trinajstić information content (AvgIpc) is 2.70. The average molecular weight is 395 g/mol. The molecule has 104 valence electrons. The van der Waals surface area contributed by atoms with E-state index in [1.54, 1.807) is 6.07 Å². The van der Waals surface area contributed by atoms with Crippen molar-refractivity contribution in [3.63, 3.8) is 0 Å². The Bertz CT molecular complexity index is 702. The summed E-state index contributed by atoms with van der Waals surface area (Å²) >= 11 is 15.9. The summed E-state index contributed by atoms with van der Waals surface area (Å²) in [5.74, 6) is -1.65. The lowest BCUT2D eigenvalue weighted by molar-refractivity contribution is 0.0698. The van der Waals surface area contributed by atoms with Crippen LogP contribution in [0.15, 0.2) is 28.7 Å². The minimum Gasteiger partial charge on any atom is -0.478 e. The van der Waals surface area contributed by atoms with Crippen molar-refractivity contribution in [2.24, 2.45) is 0 Å². The molecule has 2 rings (SSSR count). The SMILES string of the molecule is O=C(O)c1cc(Br)ccc1NC(=O)c1cc(Cl)sc1Cl. The second-order valence-electron chi connectivity index (χ2n) is 3.69. The molecule has 20 heavy (non-hydrogen) atoms. The van der Waals surface area contributed by atoms with Crippen LogP contribution in [0.4, 0.5) is 5.69 Å². The lowest BCUT2D eigenvalue weighted by Crippen LogP contribution is -2.14. The van der Waals surface area contributed by atoms with Crippen molar-refractivity contribution < 1.29 is 14.7 Å². The molecule has 8 heteroatoms. The largest absolute Gasteiger partial charge is 0.478 e. The van der Waals surface area contributed by atoms with Crippen LogP contribution in [0.3, 0.4) is 0 Å². The number of nitrogens with one attached hydrogen (secondary N) is 1. The minimum absolute atomic E-state index is 0.0230. The van der Waals surface area contributed by atoms with Crippen LogP contribution >= 0.6 is 50.5 Å². The number of anilines is 1. The third-order valence-electron chi connectivity index (χ3n) is 2.36. The molecule has 0 aliphatic heterocycles.